The molecule has 0 aliphatic carbocycles. The van der Waals surface area contributed by atoms with Crippen LogP contribution in [-0.2, 0) is 9.53 Å². The lowest BCUT2D eigenvalue weighted by molar-refractivity contribution is -0.128. The average Bonchev–Trinajstić information content (AvgIpc) is 3.30. The first-order valence-corrected chi connectivity index (χ1v) is 12.1. The van der Waals surface area contributed by atoms with Gasteiger partial charge in [0.05, 0.1) is 29.3 Å². The van der Waals surface area contributed by atoms with Gasteiger partial charge < -0.3 is 40.5 Å². The van der Waals surface area contributed by atoms with Gasteiger partial charge in [-0.1, -0.05) is 6.07 Å². The Bertz CT molecular complexity index is 1540. The molecule has 3 aromatic rings. The number of ketones is 1. The Balaban J connectivity index is 1.57. The molecule has 0 unspecified atom stereocenters. The van der Waals surface area contributed by atoms with Crippen molar-refractivity contribution in [1.82, 2.24) is 10.2 Å². The quantitative estimate of drug-likeness (QED) is 0.179. The molecule has 212 valence electrons. The Morgan fingerprint density at radius 3 is 2.05 bits per heavy atom. The number of carboxylic acid groups (broad SMARTS) is 1. The number of carbonyl (C=O) groups excluding carboxylic acids is 4. The number of esters is 1. The third-order valence-electron chi connectivity index (χ3n) is 6.48. The summed E-state index contributed by atoms with van der Waals surface area (Å²) in [5, 5.41) is 52.6. The van der Waals surface area contributed by atoms with Crippen molar-refractivity contribution in [2.75, 3.05) is 13.1 Å². The Labute approximate surface area is 231 Å². The Morgan fingerprint density at radius 2 is 1.46 bits per heavy atom. The lowest BCUT2D eigenvalue weighted by atomic mass is 9.95. The fourth-order valence-electron chi connectivity index (χ4n) is 4.40. The van der Waals surface area contributed by atoms with Crippen LogP contribution in [-0.4, -0.2) is 85.2 Å². The van der Waals surface area contributed by atoms with Crippen LogP contribution in [0.25, 0.3) is 0 Å². The third kappa shape index (κ3) is 5.88. The lowest BCUT2D eigenvalue weighted by Gasteiger charge is -2.20. The first-order valence-electron chi connectivity index (χ1n) is 12.1. The molecule has 0 radical (unpaired) electrons. The number of hydrogen-bond donors (Lipinski definition) is 6. The van der Waals surface area contributed by atoms with Crippen LogP contribution in [0.1, 0.15) is 53.9 Å². The SMILES string of the molecule is CC(=O)N1C[C@@H](NC(=O)c2ccc(O)cc2)[C@H](OC(=O)c2cc(O)c(C(=O)c3c(O)cccc3C(=O)O)c(O)c2)C1. The van der Waals surface area contributed by atoms with Crippen LogP contribution in [0.15, 0.2) is 54.6 Å². The molecule has 2 amide bonds. The molecule has 1 heterocycles. The molecular formula is C28H24N2O11. The molecule has 0 aromatic heterocycles. The number of hydrogen-bond acceptors (Lipinski definition) is 10. The minimum atomic E-state index is -1.54. The number of carbonyl (C=O) groups is 5. The lowest BCUT2D eigenvalue weighted by Crippen LogP contribution is -2.44. The van der Waals surface area contributed by atoms with Crippen LogP contribution in [0, 0.1) is 0 Å². The maximum Gasteiger partial charge on any atom is 0.338 e. The zero-order chi connectivity index (χ0) is 30.0. The van der Waals surface area contributed by atoms with E-state index in [2.05, 4.69) is 5.32 Å². The molecule has 41 heavy (non-hydrogen) atoms. The topological polar surface area (TPSA) is 211 Å². The van der Waals surface area contributed by atoms with Crippen molar-refractivity contribution in [2.45, 2.75) is 19.1 Å². The number of benzene rings is 3. The van der Waals surface area contributed by atoms with Crippen molar-refractivity contribution >= 4 is 29.5 Å². The van der Waals surface area contributed by atoms with Crippen molar-refractivity contribution in [1.29, 1.82) is 0 Å². The maximum absolute atomic E-state index is 13.0. The molecule has 4 rings (SSSR count). The molecule has 3 aromatic carbocycles. The molecule has 0 saturated carbocycles. The summed E-state index contributed by atoms with van der Waals surface area (Å²) in [4.78, 5) is 63.6. The number of carboxylic acids is 1. The van der Waals surface area contributed by atoms with Gasteiger partial charge in [-0.15, -0.1) is 0 Å². The van der Waals surface area contributed by atoms with Crippen molar-refractivity contribution in [2.24, 2.45) is 0 Å². The first-order chi connectivity index (χ1) is 19.4. The number of ether oxygens (including phenoxy) is 1. The van der Waals surface area contributed by atoms with Crippen molar-refractivity contribution in [3.05, 3.63) is 82.4 Å². The molecule has 6 N–H and O–H groups in total. The third-order valence-corrected chi connectivity index (χ3v) is 6.48. The summed E-state index contributed by atoms with van der Waals surface area (Å²) in [7, 11) is 0. The minimum absolute atomic E-state index is 0.0214. The zero-order valence-corrected chi connectivity index (χ0v) is 21.4. The van der Waals surface area contributed by atoms with Gasteiger partial charge in [-0.2, -0.15) is 0 Å². The summed E-state index contributed by atoms with van der Waals surface area (Å²) in [6.45, 7) is 1.25. The number of aromatic hydroxyl groups is 4. The number of nitrogens with one attached hydrogen (secondary N) is 1. The highest BCUT2D eigenvalue weighted by Gasteiger charge is 2.38. The predicted molar refractivity (Wildman–Crippen MR) is 139 cm³/mol. The molecule has 2 atom stereocenters. The monoisotopic (exact) mass is 564 g/mol. The predicted octanol–water partition coefficient (Wildman–Crippen LogP) is 1.62. The van der Waals surface area contributed by atoms with Crippen molar-refractivity contribution in [3.63, 3.8) is 0 Å². The van der Waals surface area contributed by atoms with E-state index in [9.17, 15) is 49.5 Å². The Morgan fingerprint density at radius 1 is 0.829 bits per heavy atom. The molecule has 1 saturated heterocycles. The van der Waals surface area contributed by atoms with Gasteiger partial charge in [0.25, 0.3) is 5.91 Å². The molecule has 1 aliphatic heterocycles. The number of phenolic OH excluding ortho intramolecular Hbond substituents is 4. The van der Waals surface area contributed by atoms with E-state index in [4.69, 9.17) is 4.74 Å². The van der Waals surface area contributed by atoms with E-state index >= 15 is 0 Å². The van der Waals surface area contributed by atoms with Crippen LogP contribution in [0.5, 0.6) is 23.0 Å². The van der Waals surface area contributed by atoms with Gasteiger partial charge in [0.2, 0.25) is 11.7 Å². The molecule has 13 nitrogen and oxygen atoms in total. The summed E-state index contributed by atoms with van der Waals surface area (Å²) in [6.07, 6.45) is -1.03. The van der Waals surface area contributed by atoms with Crippen molar-refractivity contribution < 1.29 is 54.2 Å². The maximum atomic E-state index is 13.0. The second-order valence-corrected chi connectivity index (χ2v) is 9.22. The number of nitrogens with zero attached hydrogens (tertiary/aromatic N) is 1. The van der Waals surface area contributed by atoms with Gasteiger partial charge in [0, 0.05) is 19.0 Å². The number of aromatic carboxylic acids is 1. The largest absolute Gasteiger partial charge is 0.508 e. The van der Waals surface area contributed by atoms with Gasteiger partial charge in [-0.25, -0.2) is 9.59 Å². The number of rotatable bonds is 7. The average molecular weight is 565 g/mol. The van der Waals surface area contributed by atoms with Gasteiger partial charge in [-0.3, -0.25) is 14.4 Å². The standard InChI is InChI=1S/C28H24N2O11/c1-13(31)30-11-18(29-26(37)14-5-7-16(32)8-6-14)22(12-30)41-28(40)15-9-20(34)24(21(35)10-15)25(36)23-17(27(38)39)3-2-4-19(23)33/h2-10,18,22,32-35H,11-12H2,1H3,(H,29,37)(H,38,39)/t18-,22-/m1/s1. The molecule has 0 spiro atoms. The molecule has 0 bridgehead atoms. The number of phenols is 4. The Hall–Kier alpha value is -5.59. The molecule has 1 aliphatic rings. The highest BCUT2D eigenvalue weighted by Crippen LogP contribution is 2.35. The van der Waals surface area contributed by atoms with Crippen LogP contribution in [0.2, 0.25) is 0 Å². The normalized spacial score (nSPS) is 16.2. The summed E-state index contributed by atoms with van der Waals surface area (Å²) >= 11 is 0. The van der Waals surface area contributed by atoms with E-state index in [1.165, 1.54) is 42.2 Å². The molecule has 13 heteroatoms. The van der Waals surface area contributed by atoms with Crippen LogP contribution in [0.3, 0.4) is 0 Å². The number of amides is 2. The fraction of sp³-hybridized carbons (Fsp3) is 0.179. The van der Waals surface area contributed by atoms with Gasteiger partial charge in [-0.05, 0) is 48.5 Å². The number of likely N-dealkylation sites (tertiary alicyclic amines) is 1. The van der Waals surface area contributed by atoms with Gasteiger partial charge in [0.1, 0.15) is 34.7 Å². The van der Waals surface area contributed by atoms with Crippen molar-refractivity contribution in [3.8, 4) is 23.0 Å². The summed E-state index contributed by atoms with van der Waals surface area (Å²) in [5.41, 5.74) is -2.19. The first kappa shape index (κ1) is 28.4. The summed E-state index contributed by atoms with van der Waals surface area (Å²) in [6, 6.07) is 9.51. The van der Waals surface area contributed by atoms with Gasteiger partial charge in [0.15, 0.2) is 0 Å². The highest BCUT2D eigenvalue weighted by atomic mass is 16.5. The summed E-state index contributed by atoms with van der Waals surface area (Å²) < 4.78 is 5.50. The second kappa shape index (κ2) is 11.3. The highest BCUT2D eigenvalue weighted by molar-refractivity contribution is 6.18. The second-order valence-electron chi connectivity index (χ2n) is 9.22. The minimum Gasteiger partial charge on any atom is -0.508 e. The van der Waals surface area contributed by atoms with E-state index in [0.29, 0.717) is 0 Å². The van der Waals surface area contributed by atoms with Crippen LogP contribution >= 0.6 is 0 Å². The van der Waals surface area contributed by atoms with Crippen LogP contribution < -0.4 is 5.32 Å². The van der Waals surface area contributed by atoms with Gasteiger partial charge >= 0.3 is 11.9 Å². The Kier molecular flexibility index (Phi) is 7.80. The van der Waals surface area contributed by atoms with E-state index < -0.39 is 75.3 Å². The van der Waals surface area contributed by atoms with E-state index in [0.717, 1.165) is 24.3 Å². The summed E-state index contributed by atoms with van der Waals surface area (Å²) in [5.74, 6) is -7.23. The molecule has 1 fully saturated rings. The zero-order valence-electron chi connectivity index (χ0n) is 21.4. The van der Waals surface area contributed by atoms with E-state index in [1.807, 2.05) is 0 Å². The smallest absolute Gasteiger partial charge is 0.338 e. The van der Waals surface area contributed by atoms with Crippen LogP contribution in [0.4, 0.5) is 0 Å². The van der Waals surface area contributed by atoms with E-state index in [-0.39, 0.29) is 30.3 Å². The van der Waals surface area contributed by atoms with E-state index in [1.54, 1.807) is 0 Å². The molecular weight excluding hydrogens is 540 g/mol. The fourth-order valence-corrected chi connectivity index (χ4v) is 4.40.